The van der Waals surface area contributed by atoms with Crippen LogP contribution in [0.5, 0.6) is 0 Å². The molecule has 4 saturated carbocycles. The van der Waals surface area contributed by atoms with Crippen LogP contribution in [0.3, 0.4) is 0 Å². The van der Waals surface area contributed by atoms with Gasteiger partial charge in [0.1, 0.15) is 0 Å². The van der Waals surface area contributed by atoms with E-state index in [1.165, 1.54) is 32.1 Å². The predicted octanol–water partition coefficient (Wildman–Crippen LogP) is 4.35. The highest BCUT2D eigenvalue weighted by Gasteiger charge is 2.84. The first-order valence-corrected chi connectivity index (χ1v) is 9.93. The number of aliphatic hydroxyl groups is 1. The molecule has 132 valence electrons. The fourth-order valence-corrected chi connectivity index (χ4v) is 8.34. The van der Waals surface area contributed by atoms with E-state index in [0.717, 1.165) is 12.3 Å². The first kappa shape index (κ1) is 16.4. The Balaban J connectivity index is 1.80. The van der Waals surface area contributed by atoms with Crippen LogP contribution in [0.2, 0.25) is 0 Å². The van der Waals surface area contributed by atoms with Crippen LogP contribution in [0, 0.1) is 39.4 Å². The van der Waals surface area contributed by atoms with E-state index in [1.807, 2.05) is 0 Å². The molecule has 23 heavy (non-hydrogen) atoms. The lowest BCUT2D eigenvalue weighted by atomic mass is 9.45. The van der Waals surface area contributed by atoms with Gasteiger partial charge in [0.05, 0.1) is 6.10 Å². The molecule has 0 aromatic rings. The summed E-state index contributed by atoms with van der Waals surface area (Å²) in [5.74, 6) is 2.14. The quantitative estimate of drug-likeness (QED) is 0.697. The Kier molecular flexibility index (Phi) is 2.98. The third kappa shape index (κ3) is 1.51. The maximum atomic E-state index is 10.6. The average molecular weight is 320 g/mol. The summed E-state index contributed by atoms with van der Waals surface area (Å²) in [5, 5.41) is 10.6. The Morgan fingerprint density at radius 2 is 1.39 bits per heavy atom. The lowest BCUT2D eigenvalue weighted by Gasteiger charge is -2.62. The predicted molar refractivity (Wildman–Crippen MR) is 94.9 cm³/mol. The normalized spacial score (nSPS) is 59.5. The minimum atomic E-state index is -0.121. The fraction of sp³-hybridized carbons (Fsp3) is 1.00. The van der Waals surface area contributed by atoms with Gasteiger partial charge in [-0.3, -0.25) is 0 Å². The second-order valence-electron chi connectivity index (χ2n) is 11.0. The second kappa shape index (κ2) is 4.18. The Hall–Kier alpha value is -0.0800. The van der Waals surface area contributed by atoms with E-state index in [2.05, 4.69) is 41.5 Å². The molecule has 4 aliphatic rings. The van der Waals surface area contributed by atoms with Gasteiger partial charge in [-0.15, -0.1) is 0 Å². The van der Waals surface area contributed by atoms with Crippen LogP contribution in [0.25, 0.3) is 0 Å². The zero-order chi connectivity index (χ0) is 17.1. The van der Waals surface area contributed by atoms with Crippen LogP contribution in [-0.2, 0) is 0 Å². The van der Waals surface area contributed by atoms with Crippen molar-refractivity contribution in [2.24, 2.45) is 45.1 Å². The summed E-state index contributed by atoms with van der Waals surface area (Å²) in [6, 6.07) is 0. The average Bonchev–Trinajstić information content (AvgIpc) is 2.99. The second-order valence-corrected chi connectivity index (χ2v) is 11.0. The first-order valence-electron chi connectivity index (χ1n) is 9.93. The van der Waals surface area contributed by atoms with Crippen molar-refractivity contribution in [3.05, 3.63) is 0 Å². The molecule has 0 radical (unpaired) electrons. The summed E-state index contributed by atoms with van der Waals surface area (Å²) < 4.78 is 0. The van der Waals surface area contributed by atoms with Crippen LogP contribution in [0.15, 0.2) is 0 Å². The first-order chi connectivity index (χ1) is 10.5. The maximum Gasteiger partial charge on any atom is 0.0594 e. The van der Waals surface area contributed by atoms with Gasteiger partial charge < -0.3 is 10.8 Å². The molecule has 0 amide bonds. The molecule has 3 N–H and O–H groups in total. The van der Waals surface area contributed by atoms with Gasteiger partial charge in [0, 0.05) is 5.54 Å². The molecule has 0 heterocycles. The summed E-state index contributed by atoms with van der Waals surface area (Å²) in [7, 11) is 0. The highest BCUT2D eigenvalue weighted by molar-refractivity contribution is 5.33. The van der Waals surface area contributed by atoms with Crippen molar-refractivity contribution < 1.29 is 5.11 Å². The Bertz CT molecular complexity index is 536. The van der Waals surface area contributed by atoms with E-state index >= 15 is 0 Å². The van der Waals surface area contributed by atoms with Gasteiger partial charge in [-0.05, 0) is 84.9 Å². The summed E-state index contributed by atoms with van der Waals surface area (Å²) in [4.78, 5) is 0. The molecule has 4 aliphatic carbocycles. The van der Waals surface area contributed by atoms with E-state index in [9.17, 15) is 5.11 Å². The molecular weight excluding hydrogens is 282 g/mol. The molecule has 2 nitrogen and oxygen atoms in total. The Morgan fingerprint density at radius 3 is 2.04 bits per heavy atom. The molecule has 2 spiro atoms. The zero-order valence-electron chi connectivity index (χ0n) is 16.1. The van der Waals surface area contributed by atoms with Crippen molar-refractivity contribution in [1.82, 2.24) is 0 Å². The standard InChI is InChI=1S/C21H37NO/c1-13-20-10-9-16(23)18(4,5)14(20)7-8-15-19(6,22)17(2,3)11-12-21(13,15)20/h13-16,23H,7-12,22H2,1-6H3. The minimum Gasteiger partial charge on any atom is -0.393 e. The fourth-order valence-electron chi connectivity index (χ4n) is 8.34. The van der Waals surface area contributed by atoms with Crippen molar-refractivity contribution >= 4 is 0 Å². The molecule has 0 bridgehead atoms. The van der Waals surface area contributed by atoms with Crippen molar-refractivity contribution in [2.75, 3.05) is 0 Å². The number of hydrogen-bond donors (Lipinski definition) is 2. The van der Waals surface area contributed by atoms with Gasteiger partial charge in [0.25, 0.3) is 0 Å². The van der Waals surface area contributed by atoms with Crippen LogP contribution < -0.4 is 5.73 Å². The molecule has 0 aliphatic heterocycles. The third-order valence-electron chi connectivity index (χ3n) is 10.3. The van der Waals surface area contributed by atoms with Crippen LogP contribution in [0.1, 0.15) is 80.1 Å². The van der Waals surface area contributed by atoms with Crippen LogP contribution in [-0.4, -0.2) is 16.7 Å². The van der Waals surface area contributed by atoms with Gasteiger partial charge in [0.2, 0.25) is 0 Å². The summed E-state index contributed by atoms with van der Waals surface area (Å²) in [6.45, 7) is 14.3. The smallest absolute Gasteiger partial charge is 0.0594 e. The van der Waals surface area contributed by atoms with Gasteiger partial charge in [-0.1, -0.05) is 34.6 Å². The van der Waals surface area contributed by atoms with E-state index in [-0.39, 0.29) is 22.5 Å². The van der Waals surface area contributed by atoms with Crippen LogP contribution >= 0.6 is 0 Å². The number of nitrogens with two attached hydrogens (primary N) is 1. The Labute approximate surface area is 142 Å². The number of aliphatic hydroxyl groups excluding tert-OH is 1. The van der Waals surface area contributed by atoms with E-state index in [1.54, 1.807) is 0 Å². The molecular formula is C21H37NO. The van der Waals surface area contributed by atoms with E-state index < -0.39 is 0 Å². The largest absolute Gasteiger partial charge is 0.393 e. The molecule has 0 saturated heterocycles. The molecule has 4 fully saturated rings. The summed E-state index contributed by atoms with van der Waals surface area (Å²) in [5.41, 5.74) is 8.23. The van der Waals surface area contributed by atoms with Gasteiger partial charge in [0.15, 0.2) is 0 Å². The molecule has 4 rings (SSSR count). The highest BCUT2D eigenvalue weighted by Crippen LogP contribution is 2.88. The Morgan fingerprint density at radius 1 is 0.826 bits per heavy atom. The summed E-state index contributed by atoms with van der Waals surface area (Å²) in [6.07, 6.45) is 7.26. The minimum absolute atomic E-state index is 0.0613. The maximum absolute atomic E-state index is 10.6. The lowest BCUT2D eigenvalue weighted by Crippen LogP contribution is -2.64. The monoisotopic (exact) mass is 319 g/mol. The molecule has 7 atom stereocenters. The summed E-state index contributed by atoms with van der Waals surface area (Å²) >= 11 is 0. The molecule has 0 aromatic carbocycles. The third-order valence-corrected chi connectivity index (χ3v) is 10.3. The van der Waals surface area contributed by atoms with E-state index in [4.69, 9.17) is 5.73 Å². The van der Waals surface area contributed by atoms with Gasteiger partial charge in [-0.2, -0.15) is 0 Å². The van der Waals surface area contributed by atoms with E-state index in [0.29, 0.717) is 22.7 Å². The SMILES string of the molecule is CC1C23CCC(O)C(C)(C)C2CCC2C(C)(N)C(C)(C)CCC213. The number of rotatable bonds is 0. The zero-order valence-corrected chi connectivity index (χ0v) is 16.1. The van der Waals surface area contributed by atoms with Crippen molar-refractivity contribution in [3.63, 3.8) is 0 Å². The molecule has 7 unspecified atom stereocenters. The van der Waals surface area contributed by atoms with Crippen molar-refractivity contribution in [3.8, 4) is 0 Å². The molecule has 0 aromatic heterocycles. The van der Waals surface area contributed by atoms with Gasteiger partial charge in [-0.25, -0.2) is 0 Å². The lowest BCUT2D eigenvalue weighted by molar-refractivity contribution is -0.134. The van der Waals surface area contributed by atoms with Gasteiger partial charge >= 0.3 is 0 Å². The topological polar surface area (TPSA) is 46.2 Å². The number of hydrogen-bond acceptors (Lipinski definition) is 2. The van der Waals surface area contributed by atoms with Crippen molar-refractivity contribution in [2.45, 2.75) is 91.7 Å². The highest BCUT2D eigenvalue weighted by atomic mass is 16.3. The van der Waals surface area contributed by atoms with Crippen molar-refractivity contribution in [1.29, 1.82) is 0 Å². The van der Waals surface area contributed by atoms with Crippen LogP contribution in [0.4, 0.5) is 0 Å². The molecule has 2 heteroatoms.